The fraction of sp³-hybridized carbons (Fsp3) is 0.364. The molecule has 3 aromatic rings. The van der Waals surface area contributed by atoms with Crippen LogP contribution in [0.4, 0.5) is 23.4 Å². The number of benzene rings is 1. The molecule has 35 heavy (non-hydrogen) atoms. The Balaban J connectivity index is 1.64. The van der Waals surface area contributed by atoms with E-state index < -0.39 is 54.2 Å². The topological polar surface area (TPSA) is 113 Å². The van der Waals surface area contributed by atoms with Crippen molar-refractivity contribution in [3.63, 3.8) is 0 Å². The number of carbonyl (C=O) groups is 1. The van der Waals surface area contributed by atoms with Crippen LogP contribution in [0.3, 0.4) is 0 Å². The molecule has 13 heteroatoms. The summed E-state index contributed by atoms with van der Waals surface area (Å²) < 4.78 is 56.2. The van der Waals surface area contributed by atoms with Crippen LogP contribution in [0.1, 0.15) is 33.7 Å². The molecule has 1 saturated carbocycles. The molecule has 186 valence electrons. The van der Waals surface area contributed by atoms with Crippen LogP contribution in [0.5, 0.6) is 0 Å². The van der Waals surface area contributed by atoms with E-state index in [1.54, 1.807) is 18.2 Å². The number of hydrogen-bond acceptors (Lipinski definition) is 7. The van der Waals surface area contributed by atoms with Gasteiger partial charge in [-0.15, -0.1) is 0 Å². The number of rotatable bonds is 7. The number of hydrogen-bond donors (Lipinski definition) is 3. The second-order valence-corrected chi connectivity index (χ2v) is 8.61. The molecule has 1 aliphatic carbocycles. The zero-order chi connectivity index (χ0) is 25.3. The molecule has 4 rings (SSSR count). The minimum Gasteiger partial charge on any atom is -0.396 e. The number of nitrogens with zero attached hydrogens (tertiary/aromatic N) is 4. The Kier molecular flexibility index (Phi) is 7.06. The highest BCUT2D eigenvalue weighted by molar-refractivity contribution is 6.30. The van der Waals surface area contributed by atoms with Gasteiger partial charge in [-0.1, -0.05) is 23.7 Å². The van der Waals surface area contributed by atoms with Crippen molar-refractivity contribution in [2.75, 3.05) is 11.9 Å². The number of aromatic nitrogens is 4. The number of halogens is 5. The molecule has 0 bridgehead atoms. The van der Waals surface area contributed by atoms with E-state index in [1.807, 2.05) is 0 Å². The van der Waals surface area contributed by atoms with Gasteiger partial charge in [0.05, 0.1) is 24.3 Å². The van der Waals surface area contributed by atoms with Gasteiger partial charge in [0.1, 0.15) is 29.7 Å². The van der Waals surface area contributed by atoms with Crippen molar-refractivity contribution in [1.29, 1.82) is 0 Å². The first kappa shape index (κ1) is 25.0. The van der Waals surface area contributed by atoms with Crippen LogP contribution in [0, 0.1) is 5.92 Å². The predicted molar refractivity (Wildman–Crippen MR) is 117 cm³/mol. The number of nitrogens with one attached hydrogen (secondary N) is 1. The van der Waals surface area contributed by atoms with Crippen molar-refractivity contribution in [2.45, 2.75) is 37.5 Å². The van der Waals surface area contributed by atoms with Crippen molar-refractivity contribution in [2.24, 2.45) is 5.92 Å². The molecule has 0 saturated heterocycles. The molecule has 1 aliphatic rings. The molecule has 0 aliphatic heterocycles. The first-order valence-electron chi connectivity index (χ1n) is 10.5. The lowest BCUT2D eigenvalue weighted by Gasteiger charge is -2.18. The summed E-state index contributed by atoms with van der Waals surface area (Å²) in [6.07, 6.45) is -5.72. The van der Waals surface area contributed by atoms with Crippen molar-refractivity contribution in [1.82, 2.24) is 19.7 Å². The van der Waals surface area contributed by atoms with Gasteiger partial charge in [-0.3, -0.25) is 9.48 Å². The Morgan fingerprint density at radius 2 is 2.06 bits per heavy atom. The number of aliphatic hydroxyl groups is 2. The normalized spacial score (nSPS) is 22.4. The highest BCUT2D eigenvalue weighted by Gasteiger charge is 2.43. The monoisotopic (exact) mass is 513 g/mol. The van der Waals surface area contributed by atoms with Crippen molar-refractivity contribution in [3.05, 3.63) is 70.4 Å². The summed E-state index contributed by atoms with van der Waals surface area (Å²) in [7, 11) is 0. The molecule has 8 nitrogen and oxygen atoms in total. The van der Waals surface area contributed by atoms with Crippen LogP contribution in [0.2, 0.25) is 5.02 Å². The number of carbonyl (C=O) groups excluding carboxylic acids is 1. The highest BCUT2D eigenvalue weighted by Crippen LogP contribution is 2.33. The molecular formula is C22H20ClF4N5O3. The Morgan fingerprint density at radius 1 is 1.29 bits per heavy atom. The lowest BCUT2D eigenvalue weighted by molar-refractivity contribution is -0.144. The third-order valence-electron chi connectivity index (χ3n) is 5.79. The largest absolute Gasteiger partial charge is 0.433 e. The van der Waals surface area contributed by atoms with Crippen molar-refractivity contribution >= 4 is 23.2 Å². The van der Waals surface area contributed by atoms with Crippen LogP contribution in [-0.4, -0.2) is 60.7 Å². The average Bonchev–Trinajstić information content (AvgIpc) is 3.35. The SMILES string of the molecule is O=C(c1cc(C(F)(F)F)n(Cc2cccc(Cl)c2)n1)c1cncnc1N[C@@H]1C[C@H](CO)[C@@H](O)[C@@H]1F. The Hall–Kier alpha value is -3.09. The molecule has 0 spiro atoms. The molecule has 4 atom stereocenters. The number of aliphatic hydroxyl groups excluding tert-OH is 2. The summed E-state index contributed by atoms with van der Waals surface area (Å²) in [5, 5.41) is 26.1. The van der Waals surface area contributed by atoms with Crippen LogP contribution in [0.25, 0.3) is 0 Å². The van der Waals surface area contributed by atoms with Crippen molar-refractivity contribution in [3.8, 4) is 0 Å². The van der Waals surface area contributed by atoms with Gasteiger partial charge in [0.25, 0.3) is 0 Å². The lowest BCUT2D eigenvalue weighted by atomic mass is 10.1. The number of ketones is 1. The van der Waals surface area contributed by atoms with Crippen LogP contribution in [-0.2, 0) is 12.7 Å². The van der Waals surface area contributed by atoms with E-state index in [-0.39, 0.29) is 24.3 Å². The summed E-state index contributed by atoms with van der Waals surface area (Å²) in [4.78, 5) is 20.8. The summed E-state index contributed by atoms with van der Waals surface area (Å²) in [5.41, 5.74) is -1.42. The van der Waals surface area contributed by atoms with E-state index >= 15 is 0 Å². The van der Waals surface area contributed by atoms with E-state index in [0.29, 0.717) is 21.3 Å². The standard InChI is InChI=1S/C22H20ClF4N5O3/c23-13-3-1-2-11(4-13)8-32-17(22(25,26)27)6-16(31-32)20(35)14-7-28-10-29-21(14)30-15-5-12(9-33)19(34)18(15)24/h1-4,6-7,10,12,15,18-19,33-34H,5,8-9H2,(H,28,29,30)/t12-,15-,18-,19-/m1/s1. The van der Waals surface area contributed by atoms with Gasteiger partial charge < -0.3 is 15.5 Å². The smallest absolute Gasteiger partial charge is 0.396 e. The second kappa shape index (κ2) is 9.88. The molecule has 0 amide bonds. The van der Waals surface area contributed by atoms with Gasteiger partial charge >= 0.3 is 6.18 Å². The van der Waals surface area contributed by atoms with E-state index in [4.69, 9.17) is 11.6 Å². The van der Waals surface area contributed by atoms with Gasteiger partial charge in [0.2, 0.25) is 5.78 Å². The number of alkyl halides is 4. The van der Waals surface area contributed by atoms with Gasteiger partial charge in [-0.2, -0.15) is 18.3 Å². The molecule has 3 N–H and O–H groups in total. The Morgan fingerprint density at radius 3 is 2.71 bits per heavy atom. The first-order chi connectivity index (χ1) is 16.6. The van der Waals surface area contributed by atoms with Gasteiger partial charge in [0, 0.05) is 29.8 Å². The predicted octanol–water partition coefficient (Wildman–Crippen LogP) is 3.12. The van der Waals surface area contributed by atoms with Crippen LogP contribution in [0.15, 0.2) is 42.9 Å². The first-order valence-corrected chi connectivity index (χ1v) is 10.9. The maximum Gasteiger partial charge on any atom is 0.433 e. The summed E-state index contributed by atoms with van der Waals surface area (Å²) >= 11 is 5.92. The zero-order valence-corrected chi connectivity index (χ0v) is 18.7. The van der Waals surface area contributed by atoms with Gasteiger partial charge in [-0.25, -0.2) is 14.4 Å². The molecule has 2 aromatic heterocycles. The zero-order valence-electron chi connectivity index (χ0n) is 18.0. The third kappa shape index (κ3) is 5.29. The maximum absolute atomic E-state index is 14.5. The fourth-order valence-corrected chi connectivity index (χ4v) is 4.24. The van der Waals surface area contributed by atoms with Gasteiger partial charge in [-0.05, 0) is 24.1 Å². The summed E-state index contributed by atoms with van der Waals surface area (Å²) in [6, 6.07) is 5.87. The highest BCUT2D eigenvalue weighted by atomic mass is 35.5. The minimum atomic E-state index is -4.79. The average molecular weight is 514 g/mol. The Labute approximate surface area is 201 Å². The van der Waals surface area contributed by atoms with Crippen LogP contribution < -0.4 is 5.32 Å². The van der Waals surface area contributed by atoms with E-state index in [9.17, 15) is 32.6 Å². The number of anilines is 1. The molecule has 1 fully saturated rings. The molecule has 1 aromatic carbocycles. The van der Waals surface area contributed by atoms with Crippen LogP contribution >= 0.6 is 11.6 Å². The third-order valence-corrected chi connectivity index (χ3v) is 6.02. The fourth-order valence-electron chi connectivity index (χ4n) is 4.02. The quantitative estimate of drug-likeness (QED) is 0.328. The lowest BCUT2D eigenvalue weighted by Crippen LogP contribution is -2.32. The van der Waals surface area contributed by atoms with E-state index in [0.717, 1.165) is 12.5 Å². The maximum atomic E-state index is 14.5. The molecule has 2 heterocycles. The van der Waals surface area contributed by atoms with Gasteiger partial charge in [0.15, 0.2) is 0 Å². The second-order valence-electron chi connectivity index (χ2n) is 8.18. The summed E-state index contributed by atoms with van der Waals surface area (Å²) in [6.45, 7) is -0.718. The van der Waals surface area contributed by atoms with E-state index in [1.165, 1.54) is 6.07 Å². The molecular weight excluding hydrogens is 494 g/mol. The van der Waals surface area contributed by atoms with Crippen molar-refractivity contribution < 1.29 is 32.6 Å². The summed E-state index contributed by atoms with van der Waals surface area (Å²) in [5.74, 6) is -1.74. The molecule has 0 unspecified atom stereocenters. The molecule has 0 radical (unpaired) electrons. The minimum absolute atomic E-state index is 0.0585. The Bertz CT molecular complexity index is 1220. The van der Waals surface area contributed by atoms with E-state index in [2.05, 4.69) is 20.4 Å².